The number of nitrogens with zero attached hydrogens (tertiary/aromatic N) is 2. The molecule has 0 aliphatic carbocycles. The Bertz CT molecular complexity index is 1640. The number of allylic oxidation sites excluding steroid dienone is 2. The summed E-state index contributed by atoms with van der Waals surface area (Å²) in [6.45, 7) is 26.0. The summed E-state index contributed by atoms with van der Waals surface area (Å²) >= 11 is 1.89. The summed E-state index contributed by atoms with van der Waals surface area (Å²) in [6.07, 6.45) is 6.47. The van der Waals surface area contributed by atoms with Crippen molar-refractivity contribution in [1.29, 1.82) is 0 Å². The third kappa shape index (κ3) is 8.40. The molecule has 0 spiro atoms. The molecule has 0 amide bonds. The van der Waals surface area contributed by atoms with E-state index >= 15 is 0 Å². The zero-order valence-corrected chi connectivity index (χ0v) is 33.7. The van der Waals surface area contributed by atoms with E-state index in [0.717, 1.165) is 47.8 Å². The van der Waals surface area contributed by atoms with E-state index in [-0.39, 0.29) is 42.5 Å². The molecule has 0 saturated heterocycles. The maximum Gasteiger partial charge on any atom is 0.164 e. The Balaban J connectivity index is 0.000000343. The molecule has 0 aliphatic rings. The second-order valence-corrected chi connectivity index (χ2v) is 20.4. The Kier molecular flexibility index (Phi) is 13.5. The van der Waals surface area contributed by atoms with E-state index in [2.05, 4.69) is 81.8 Å². The van der Waals surface area contributed by atoms with Crippen molar-refractivity contribution >= 4 is 50.7 Å². The standard InChI is InChI=1S/C23H25N2SSi.C15H28O2.Ir/c1-14(2)19-12-17(11-16-9-7-8-10-18(16)19)21-22-20(24-13-25-21)15(3)23(26-22)27(4,5)6;1-7-14(5,8-2)12(16)11-13(17)15(6,9-3)10-4;/h7-10,12-14H,1-6H3;11,16H,7-10H2,1-6H3;/q-1;;/b;12-11-;. The molecule has 0 atom stereocenters. The van der Waals surface area contributed by atoms with Crippen LogP contribution in [0.2, 0.25) is 19.6 Å². The number of thiophene rings is 1. The number of benzene rings is 2. The zero-order chi connectivity index (χ0) is 33.0. The molecule has 247 valence electrons. The summed E-state index contributed by atoms with van der Waals surface area (Å²) in [4.78, 5) is 21.5. The van der Waals surface area contributed by atoms with Crippen molar-refractivity contribution in [2.45, 2.75) is 114 Å². The quantitative estimate of drug-likeness (QED) is 0.0749. The van der Waals surface area contributed by atoms with Gasteiger partial charge in [0, 0.05) is 47.4 Å². The van der Waals surface area contributed by atoms with Crippen molar-refractivity contribution in [2.24, 2.45) is 10.8 Å². The Morgan fingerprint density at radius 1 is 1.00 bits per heavy atom. The molecule has 0 bridgehead atoms. The van der Waals surface area contributed by atoms with Crippen LogP contribution in [0.5, 0.6) is 0 Å². The largest absolute Gasteiger partial charge is 0.512 e. The van der Waals surface area contributed by atoms with Gasteiger partial charge in [0.05, 0.1) is 13.6 Å². The van der Waals surface area contributed by atoms with Crippen molar-refractivity contribution in [3.05, 3.63) is 65.7 Å². The minimum absolute atomic E-state index is 0. The van der Waals surface area contributed by atoms with E-state index in [1.54, 1.807) is 6.33 Å². The predicted molar refractivity (Wildman–Crippen MR) is 194 cm³/mol. The van der Waals surface area contributed by atoms with Gasteiger partial charge in [0.25, 0.3) is 0 Å². The number of hydrogen-bond donors (Lipinski definition) is 1. The Labute approximate surface area is 290 Å². The topological polar surface area (TPSA) is 63.1 Å². The molecule has 0 fully saturated rings. The molecule has 7 heteroatoms. The zero-order valence-electron chi connectivity index (χ0n) is 29.4. The van der Waals surface area contributed by atoms with Crippen molar-refractivity contribution < 1.29 is 30.0 Å². The fourth-order valence-electron chi connectivity index (χ4n) is 5.48. The molecule has 4 rings (SSSR count). The van der Waals surface area contributed by atoms with Crippen LogP contribution in [0.1, 0.15) is 98.1 Å². The molecular formula is C38H53IrN2O2SSi-. The smallest absolute Gasteiger partial charge is 0.164 e. The SMILES string of the molecule is CCC(C)(CC)C(=O)/C=C(\O)C(C)(CC)CC.Cc1c([Si](C)(C)C)sc2c(-c3[c-]c4ccccc4c(C(C)C)c3)ncnc12.[Ir]. The van der Waals surface area contributed by atoms with Crippen LogP contribution in [-0.2, 0) is 24.9 Å². The van der Waals surface area contributed by atoms with Crippen LogP contribution in [-0.4, -0.2) is 28.9 Å². The number of rotatable bonds is 10. The fraction of sp³-hybridized carbons (Fsp3) is 0.500. The summed E-state index contributed by atoms with van der Waals surface area (Å²) in [5, 5.41) is 12.6. The maximum absolute atomic E-state index is 12.2. The number of carbonyl (C=O) groups is 1. The minimum atomic E-state index is -1.42. The van der Waals surface area contributed by atoms with Gasteiger partial charge in [0.1, 0.15) is 12.1 Å². The van der Waals surface area contributed by atoms with Gasteiger partial charge < -0.3 is 5.11 Å². The van der Waals surface area contributed by atoms with Crippen LogP contribution in [0.15, 0.2) is 48.5 Å². The van der Waals surface area contributed by atoms with Crippen LogP contribution in [0.3, 0.4) is 0 Å². The Morgan fingerprint density at radius 2 is 1.58 bits per heavy atom. The first-order chi connectivity index (χ1) is 20.6. The molecule has 2 aromatic heterocycles. The van der Waals surface area contributed by atoms with E-state index in [1.165, 1.54) is 31.8 Å². The second kappa shape index (κ2) is 15.6. The third-order valence-corrected chi connectivity index (χ3v) is 14.7. The van der Waals surface area contributed by atoms with Gasteiger partial charge in [-0.05, 0) is 48.6 Å². The molecule has 0 aliphatic heterocycles. The van der Waals surface area contributed by atoms with Crippen LogP contribution in [0, 0.1) is 23.8 Å². The summed E-state index contributed by atoms with van der Waals surface area (Å²) in [7, 11) is -1.42. The van der Waals surface area contributed by atoms with Crippen molar-refractivity contribution in [3.63, 3.8) is 0 Å². The molecule has 1 N–H and O–H groups in total. The van der Waals surface area contributed by atoms with Crippen LogP contribution in [0.25, 0.3) is 32.2 Å². The van der Waals surface area contributed by atoms with Gasteiger partial charge in [-0.25, -0.2) is 4.98 Å². The normalized spacial score (nSPS) is 12.7. The first kappa shape index (κ1) is 39.0. The number of aliphatic hydroxyl groups is 1. The van der Waals surface area contributed by atoms with Crippen LogP contribution >= 0.6 is 11.3 Å². The third-order valence-electron chi connectivity index (χ3n) is 9.67. The molecule has 4 aromatic rings. The second-order valence-electron chi connectivity index (χ2n) is 14.0. The van der Waals surface area contributed by atoms with Gasteiger partial charge in [-0.2, -0.15) is 0 Å². The van der Waals surface area contributed by atoms with Gasteiger partial charge in [0.2, 0.25) is 0 Å². The average Bonchev–Trinajstić information content (AvgIpc) is 3.36. The first-order valence-corrected chi connectivity index (χ1v) is 20.5. The van der Waals surface area contributed by atoms with E-state index < -0.39 is 8.07 Å². The Hall–Kier alpha value is -2.18. The number of hydrogen-bond acceptors (Lipinski definition) is 5. The number of carbonyl (C=O) groups excluding carboxylic acids is 1. The summed E-state index contributed by atoms with van der Waals surface area (Å²) in [5.41, 5.74) is 5.29. The van der Waals surface area contributed by atoms with Gasteiger partial charge in [0.15, 0.2) is 5.78 Å². The van der Waals surface area contributed by atoms with Gasteiger partial charge in [-0.3, -0.25) is 9.78 Å². The molecule has 2 aromatic carbocycles. The fourth-order valence-corrected chi connectivity index (χ4v) is 9.27. The monoisotopic (exact) mass is 822 g/mol. The molecule has 45 heavy (non-hydrogen) atoms. The van der Waals surface area contributed by atoms with Gasteiger partial charge in [-0.15, -0.1) is 40.5 Å². The van der Waals surface area contributed by atoms with Gasteiger partial charge in [-0.1, -0.05) is 104 Å². The molecule has 2 heterocycles. The number of aliphatic hydroxyl groups excluding tert-OH is 1. The average molecular weight is 822 g/mol. The Morgan fingerprint density at radius 3 is 2.11 bits per heavy atom. The molecule has 0 saturated carbocycles. The van der Waals surface area contributed by atoms with Crippen LogP contribution < -0.4 is 4.50 Å². The molecule has 0 unspecified atom stereocenters. The number of aryl methyl sites for hydroxylation is 1. The summed E-state index contributed by atoms with van der Waals surface area (Å²) in [5.74, 6) is 0.733. The van der Waals surface area contributed by atoms with Gasteiger partial charge >= 0.3 is 0 Å². The van der Waals surface area contributed by atoms with Crippen molar-refractivity contribution in [2.75, 3.05) is 0 Å². The first-order valence-electron chi connectivity index (χ1n) is 16.2. The number of fused-ring (bicyclic) bond motifs is 2. The van der Waals surface area contributed by atoms with E-state index in [9.17, 15) is 9.90 Å². The summed E-state index contributed by atoms with van der Waals surface area (Å²) in [6, 6.07) is 14.4. The molecule has 4 nitrogen and oxygen atoms in total. The van der Waals surface area contributed by atoms with E-state index in [1.807, 2.05) is 52.9 Å². The predicted octanol–water partition coefficient (Wildman–Crippen LogP) is 10.9. The number of aromatic nitrogens is 2. The summed E-state index contributed by atoms with van der Waals surface area (Å²) < 4.78 is 2.72. The van der Waals surface area contributed by atoms with Crippen LogP contribution in [0.4, 0.5) is 0 Å². The molecule has 1 radical (unpaired) electrons. The van der Waals surface area contributed by atoms with E-state index in [4.69, 9.17) is 4.98 Å². The van der Waals surface area contributed by atoms with Crippen molar-refractivity contribution in [1.82, 2.24) is 9.97 Å². The maximum atomic E-state index is 12.2. The van der Waals surface area contributed by atoms with E-state index in [0.29, 0.717) is 5.92 Å². The molecular weight excluding hydrogens is 769 g/mol. The minimum Gasteiger partial charge on any atom is -0.512 e. The van der Waals surface area contributed by atoms with Crippen molar-refractivity contribution in [3.8, 4) is 11.3 Å². The number of ketones is 1.